The van der Waals surface area contributed by atoms with Gasteiger partial charge in [-0.2, -0.15) is 0 Å². The quantitative estimate of drug-likeness (QED) is 0.760. The van der Waals surface area contributed by atoms with Gasteiger partial charge in [-0.15, -0.1) is 0 Å². The number of nitrogens with two attached hydrogens (primary N) is 1. The van der Waals surface area contributed by atoms with E-state index < -0.39 is 0 Å². The van der Waals surface area contributed by atoms with Crippen molar-refractivity contribution in [1.82, 2.24) is 0 Å². The predicted molar refractivity (Wildman–Crippen MR) is 61.0 cm³/mol. The molecule has 0 radical (unpaired) electrons. The maximum Gasteiger partial charge on any atom is 0.282 e. The minimum absolute atomic E-state index is 0.0734. The smallest absolute Gasteiger partial charge is 0.282 e. The Kier molecular flexibility index (Phi) is 2.39. The van der Waals surface area contributed by atoms with E-state index in [4.69, 9.17) is 10.5 Å². The Bertz CT molecular complexity index is 424. The molecule has 2 rings (SSSR count). The van der Waals surface area contributed by atoms with Crippen LogP contribution in [0.25, 0.3) is 0 Å². The number of amidine groups is 1. The van der Waals surface area contributed by atoms with E-state index in [2.05, 4.69) is 37.9 Å². The summed E-state index contributed by atoms with van der Waals surface area (Å²) in [6.07, 6.45) is 0. The third kappa shape index (κ3) is 1.82. The fourth-order valence-corrected chi connectivity index (χ4v) is 1.89. The van der Waals surface area contributed by atoms with E-state index in [-0.39, 0.29) is 6.04 Å². The highest BCUT2D eigenvalue weighted by Gasteiger charge is 2.20. The Hall–Kier alpha value is -1.51. The molecule has 1 aromatic carbocycles. The van der Waals surface area contributed by atoms with Gasteiger partial charge in [-0.1, -0.05) is 12.1 Å². The van der Waals surface area contributed by atoms with E-state index in [9.17, 15) is 0 Å². The second-order valence-corrected chi connectivity index (χ2v) is 4.09. The van der Waals surface area contributed by atoms with Crippen molar-refractivity contribution in [2.75, 3.05) is 6.61 Å². The first-order chi connectivity index (χ1) is 7.08. The van der Waals surface area contributed by atoms with Gasteiger partial charge in [0.05, 0.1) is 0 Å². The molecule has 1 aliphatic heterocycles. The summed E-state index contributed by atoms with van der Waals surface area (Å²) in [5.41, 5.74) is 10.6. The lowest BCUT2D eigenvalue weighted by molar-refractivity contribution is 0.314. The fraction of sp³-hybridized carbons (Fsp3) is 0.417. The number of nitrogens with zero attached hydrogens (tertiary/aromatic N) is 1. The Morgan fingerprint density at radius 2 is 1.87 bits per heavy atom. The van der Waals surface area contributed by atoms with Gasteiger partial charge in [0.15, 0.2) is 0 Å². The zero-order valence-electron chi connectivity index (χ0n) is 9.37. The topological polar surface area (TPSA) is 47.6 Å². The first-order valence-electron chi connectivity index (χ1n) is 5.11. The van der Waals surface area contributed by atoms with Gasteiger partial charge in [-0.3, -0.25) is 0 Å². The van der Waals surface area contributed by atoms with E-state index in [1.807, 2.05) is 0 Å². The van der Waals surface area contributed by atoms with Crippen molar-refractivity contribution in [3.8, 4) is 0 Å². The monoisotopic (exact) mass is 204 g/mol. The minimum Gasteiger partial charge on any atom is -0.463 e. The SMILES string of the molecule is Cc1cc(C)c(C2COC(N)=N2)cc1C. The lowest BCUT2D eigenvalue weighted by Crippen LogP contribution is -2.10. The van der Waals surface area contributed by atoms with Crippen LogP contribution in [0.15, 0.2) is 17.1 Å². The average molecular weight is 204 g/mol. The molecule has 0 saturated carbocycles. The molecule has 0 bridgehead atoms. The van der Waals surface area contributed by atoms with Crippen molar-refractivity contribution in [3.05, 3.63) is 34.4 Å². The second-order valence-electron chi connectivity index (χ2n) is 4.09. The van der Waals surface area contributed by atoms with Crippen LogP contribution >= 0.6 is 0 Å². The molecule has 80 valence electrons. The molecule has 1 heterocycles. The van der Waals surface area contributed by atoms with Crippen LogP contribution in [0.2, 0.25) is 0 Å². The molecule has 1 aromatic rings. The van der Waals surface area contributed by atoms with Crippen LogP contribution < -0.4 is 5.73 Å². The molecule has 1 aliphatic rings. The molecular formula is C12H16N2O. The van der Waals surface area contributed by atoms with Crippen LogP contribution in [0.5, 0.6) is 0 Å². The summed E-state index contributed by atoms with van der Waals surface area (Å²) in [6, 6.07) is 4.75. The lowest BCUT2D eigenvalue weighted by atomic mass is 9.96. The van der Waals surface area contributed by atoms with Gasteiger partial charge in [0, 0.05) is 0 Å². The number of aliphatic imine (C=N–C) groups is 1. The highest BCUT2D eigenvalue weighted by molar-refractivity contribution is 5.73. The highest BCUT2D eigenvalue weighted by Crippen LogP contribution is 2.27. The van der Waals surface area contributed by atoms with E-state index >= 15 is 0 Å². The van der Waals surface area contributed by atoms with Crippen molar-refractivity contribution in [2.24, 2.45) is 10.7 Å². The van der Waals surface area contributed by atoms with Gasteiger partial charge in [0.2, 0.25) is 0 Å². The summed E-state index contributed by atoms with van der Waals surface area (Å²) in [7, 11) is 0. The molecule has 1 unspecified atom stereocenters. The number of ether oxygens (including phenoxy) is 1. The molecule has 0 aliphatic carbocycles. The van der Waals surface area contributed by atoms with Crippen molar-refractivity contribution in [3.63, 3.8) is 0 Å². The van der Waals surface area contributed by atoms with Gasteiger partial charge in [-0.25, -0.2) is 4.99 Å². The minimum atomic E-state index is 0.0734. The van der Waals surface area contributed by atoms with Gasteiger partial charge in [0.1, 0.15) is 12.6 Å². The Labute approximate surface area is 90.0 Å². The zero-order valence-corrected chi connectivity index (χ0v) is 9.37. The molecule has 3 nitrogen and oxygen atoms in total. The highest BCUT2D eigenvalue weighted by atomic mass is 16.5. The van der Waals surface area contributed by atoms with Crippen molar-refractivity contribution >= 4 is 6.02 Å². The number of rotatable bonds is 1. The molecule has 15 heavy (non-hydrogen) atoms. The number of hydrogen-bond acceptors (Lipinski definition) is 3. The van der Waals surface area contributed by atoms with Crippen LogP contribution in [0, 0.1) is 20.8 Å². The molecular weight excluding hydrogens is 188 g/mol. The van der Waals surface area contributed by atoms with Crippen LogP contribution in [0.3, 0.4) is 0 Å². The van der Waals surface area contributed by atoms with Gasteiger partial charge < -0.3 is 10.5 Å². The standard InChI is InChI=1S/C12H16N2O/c1-7-4-9(3)10(5-8(7)2)11-6-15-12(13)14-11/h4-5,11H,6H2,1-3H3,(H2,13,14). The molecule has 0 amide bonds. The molecule has 0 saturated heterocycles. The van der Waals surface area contributed by atoms with Crippen LogP contribution in [-0.4, -0.2) is 12.6 Å². The molecule has 0 spiro atoms. The van der Waals surface area contributed by atoms with E-state index in [0.717, 1.165) is 0 Å². The number of hydrogen-bond donors (Lipinski definition) is 1. The van der Waals surface area contributed by atoms with E-state index in [1.54, 1.807) is 0 Å². The van der Waals surface area contributed by atoms with E-state index in [0.29, 0.717) is 12.6 Å². The summed E-state index contributed by atoms with van der Waals surface area (Å²) in [4.78, 5) is 4.26. The maximum absolute atomic E-state index is 5.51. The molecule has 0 fully saturated rings. The number of benzene rings is 1. The summed E-state index contributed by atoms with van der Waals surface area (Å²) in [5.74, 6) is 0. The van der Waals surface area contributed by atoms with Crippen molar-refractivity contribution < 1.29 is 4.74 Å². The number of aryl methyl sites for hydroxylation is 3. The maximum atomic E-state index is 5.51. The first-order valence-corrected chi connectivity index (χ1v) is 5.11. The van der Waals surface area contributed by atoms with Gasteiger partial charge in [-0.05, 0) is 43.0 Å². The van der Waals surface area contributed by atoms with E-state index in [1.165, 1.54) is 22.3 Å². The fourth-order valence-electron chi connectivity index (χ4n) is 1.89. The summed E-state index contributed by atoms with van der Waals surface area (Å²) in [5, 5.41) is 0. The largest absolute Gasteiger partial charge is 0.463 e. The van der Waals surface area contributed by atoms with Crippen molar-refractivity contribution in [1.29, 1.82) is 0 Å². The van der Waals surface area contributed by atoms with Crippen molar-refractivity contribution in [2.45, 2.75) is 26.8 Å². The molecule has 3 heteroatoms. The predicted octanol–water partition coefficient (Wildman–Crippen LogP) is 2.00. The third-order valence-electron chi connectivity index (χ3n) is 2.91. The average Bonchev–Trinajstić information content (AvgIpc) is 2.58. The normalized spacial score (nSPS) is 19.9. The first kappa shape index (κ1) is 10.0. The van der Waals surface area contributed by atoms with Gasteiger partial charge in [0.25, 0.3) is 6.02 Å². The summed E-state index contributed by atoms with van der Waals surface area (Å²) >= 11 is 0. The Morgan fingerprint density at radius 1 is 1.20 bits per heavy atom. The summed E-state index contributed by atoms with van der Waals surface area (Å²) < 4.78 is 5.17. The molecule has 1 atom stereocenters. The lowest BCUT2D eigenvalue weighted by Gasteiger charge is -2.12. The van der Waals surface area contributed by atoms with Gasteiger partial charge >= 0.3 is 0 Å². The van der Waals surface area contributed by atoms with Crippen LogP contribution in [0.4, 0.5) is 0 Å². The molecule has 2 N–H and O–H groups in total. The third-order valence-corrected chi connectivity index (χ3v) is 2.91. The Balaban J connectivity index is 2.40. The van der Waals surface area contributed by atoms with Crippen LogP contribution in [0.1, 0.15) is 28.3 Å². The summed E-state index contributed by atoms with van der Waals surface area (Å²) in [6.45, 7) is 6.90. The van der Waals surface area contributed by atoms with Crippen LogP contribution in [-0.2, 0) is 4.74 Å². The zero-order chi connectivity index (χ0) is 11.0. The Morgan fingerprint density at radius 3 is 2.47 bits per heavy atom. The molecule has 0 aromatic heterocycles. The second kappa shape index (κ2) is 3.57.